The Bertz CT molecular complexity index is 1130. The minimum Gasteiger partial charge on any atom is -0.496 e. The van der Waals surface area contributed by atoms with Crippen LogP contribution in [0.2, 0.25) is 0 Å². The van der Waals surface area contributed by atoms with Crippen LogP contribution in [0.4, 0.5) is 4.39 Å². The lowest BCUT2D eigenvalue weighted by Crippen LogP contribution is -2.51. The fourth-order valence-electron chi connectivity index (χ4n) is 3.75. The molecule has 0 aliphatic heterocycles. The molecular formula is C28H31FN2O5. The van der Waals surface area contributed by atoms with Crippen LogP contribution >= 0.6 is 0 Å². The fraction of sp³-hybridized carbons (Fsp3) is 0.286. The van der Waals surface area contributed by atoms with E-state index >= 15 is 0 Å². The van der Waals surface area contributed by atoms with Crippen LogP contribution in [-0.2, 0) is 22.6 Å². The van der Waals surface area contributed by atoms with Crippen molar-refractivity contribution in [1.29, 1.82) is 0 Å². The van der Waals surface area contributed by atoms with Crippen LogP contribution in [0.5, 0.6) is 17.2 Å². The first kappa shape index (κ1) is 26.5. The lowest BCUT2D eigenvalue weighted by Gasteiger charge is -2.31. The third kappa shape index (κ3) is 7.21. The van der Waals surface area contributed by atoms with Crippen LogP contribution in [-0.4, -0.2) is 50.1 Å². The van der Waals surface area contributed by atoms with E-state index in [4.69, 9.17) is 14.2 Å². The van der Waals surface area contributed by atoms with Crippen molar-refractivity contribution in [3.63, 3.8) is 0 Å². The summed E-state index contributed by atoms with van der Waals surface area (Å²) in [7, 11) is 3.03. The second-order valence-corrected chi connectivity index (χ2v) is 8.05. The van der Waals surface area contributed by atoms with Crippen molar-refractivity contribution in [3.05, 3.63) is 89.7 Å². The van der Waals surface area contributed by atoms with Crippen molar-refractivity contribution in [2.24, 2.45) is 0 Å². The highest BCUT2D eigenvalue weighted by atomic mass is 19.1. The van der Waals surface area contributed by atoms with Gasteiger partial charge in [0.05, 0.1) is 14.2 Å². The zero-order chi connectivity index (χ0) is 25.9. The molecule has 0 bridgehead atoms. The maximum Gasteiger partial charge on any atom is 0.261 e. The lowest BCUT2D eigenvalue weighted by atomic mass is 10.0. The van der Waals surface area contributed by atoms with Gasteiger partial charge in [0.1, 0.15) is 29.1 Å². The highest BCUT2D eigenvalue weighted by Gasteiger charge is 2.31. The average molecular weight is 495 g/mol. The van der Waals surface area contributed by atoms with Gasteiger partial charge in [-0.1, -0.05) is 48.5 Å². The van der Waals surface area contributed by atoms with E-state index in [1.807, 2.05) is 30.3 Å². The normalized spacial score (nSPS) is 11.3. The van der Waals surface area contributed by atoms with Crippen molar-refractivity contribution in [2.75, 3.05) is 27.4 Å². The van der Waals surface area contributed by atoms with Crippen LogP contribution in [0.3, 0.4) is 0 Å². The Morgan fingerprint density at radius 3 is 2.14 bits per heavy atom. The summed E-state index contributed by atoms with van der Waals surface area (Å²) in [6.45, 7) is 1.74. The van der Waals surface area contributed by atoms with Crippen LogP contribution in [0, 0.1) is 5.82 Å². The number of halogens is 1. The second-order valence-electron chi connectivity index (χ2n) is 8.05. The summed E-state index contributed by atoms with van der Waals surface area (Å²) in [5, 5.41) is 2.81. The molecule has 190 valence electrons. The first-order chi connectivity index (χ1) is 17.4. The molecule has 0 aliphatic carbocycles. The van der Waals surface area contributed by atoms with E-state index in [0.717, 1.165) is 5.56 Å². The van der Waals surface area contributed by atoms with E-state index in [2.05, 4.69) is 5.32 Å². The maximum atomic E-state index is 14.6. The van der Waals surface area contributed by atoms with Gasteiger partial charge < -0.3 is 24.4 Å². The van der Waals surface area contributed by atoms with Crippen molar-refractivity contribution < 1.29 is 28.2 Å². The van der Waals surface area contributed by atoms with Crippen molar-refractivity contribution in [2.45, 2.75) is 25.9 Å². The molecule has 0 fully saturated rings. The molecule has 3 aromatic carbocycles. The summed E-state index contributed by atoms with van der Waals surface area (Å²) in [5.74, 6) is 0.126. The van der Waals surface area contributed by atoms with Gasteiger partial charge in [-0.2, -0.15) is 0 Å². The van der Waals surface area contributed by atoms with Gasteiger partial charge in [-0.25, -0.2) is 4.39 Å². The molecule has 0 saturated heterocycles. The van der Waals surface area contributed by atoms with Crippen molar-refractivity contribution >= 4 is 11.8 Å². The third-order valence-electron chi connectivity index (χ3n) is 5.61. The van der Waals surface area contributed by atoms with Gasteiger partial charge in [0, 0.05) is 43.3 Å². The number of benzene rings is 3. The van der Waals surface area contributed by atoms with E-state index in [-0.39, 0.29) is 25.5 Å². The molecule has 7 nitrogen and oxygen atoms in total. The van der Waals surface area contributed by atoms with Crippen molar-refractivity contribution in [3.8, 4) is 17.2 Å². The molecule has 1 atom stereocenters. The number of ether oxygens (including phenoxy) is 3. The zero-order valence-corrected chi connectivity index (χ0v) is 20.7. The van der Waals surface area contributed by atoms with Gasteiger partial charge in [-0.15, -0.1) is 0 Å². The van der Waals surface area contributed by atoms with E-state index in [9.17, 15) is 14.0 Å². The Morgan fingerprint density at radius 2 is 1.53 bits per heavy atom. The first-order valence-electron chi connectivity index (χ1n) is 11.7. The van der Waals surface area contributed by atoms with Crippen LogP contribution in [0.15, 0.2) is 72.8 Å². The number of hydrogen-bond acceptors (Lipinski definition) is 5. The molecular weight excluding hydrogens is 463 g/mol. The molecule has 0 aromatic heterocycles. The summed E-state index contributed by atoms with van der Waals surface area (Å²) >= 11 is 0. The van der Waals surface area contributed by atoms with Gasteiger partial charge in [-0.05, 0) is 18.6 Å². The van der Waals surface area contributed by atoms with Crippen LogP contribution in [0.25, 0.3) is 0 Å². The Kier molecular flexibility index (Phi) is 9.68. The number of carbonyl (C=O) groups excluding carboxylic acids is 2. The SMILES string of the molecule is CCNC(=O)[C@H](Cc1ccccc1)N(Cc1ccccc1F)C(=O)COc1cc(OC)cc(OC)c1. The molecule has 1 N–H and O–H groups in total. The van der Waals surface area contributed by atoms with Crippen molar-refractivity contribution in [1.82, 2.24) is 10.2 Å². The van der Waals surface area contributed by atoms with Gasteiger partial charge in [-0.3, -0.25) is 9.59 Å². The molecule has 0 unspecified atom stereocenters. The predicted octanol–water partition coefficient (Wildman–Crippen LogP) is 4.00. The number of rotatable bonds is 12. The largest absolute Gasteiger partial charge is 0.496 e. The number of likely N-dealkylation sites (N-methyl/N-ethyl adjacent to an activating group) is 1. The number of methoxy groups -OCH3 is 2. The Labute approximate surface area is 210 Å². The van der Waals surface area contributed by atoms with Gasteiger partial charge in [0.15, 0.2) is 6.61 Å². The molecule has 0 spiro atoms. The molecule has 3 aromatic rings. The molecule has 0 aliphatic rings. The highest BCUT2D eigenvalue weighted by molar-refractivity contribution is 5.88. The van der Waals surface area contributed by atoms with Gasteiger partial charge >= 0.3 is 0 Å². The third-order valence-corrected chi connectivity index (χ3v) is 5.61. The Hall–Kier alpha value is -4.07. The quantitative estimate of drug-likeness (QED) is 0.412. The topological polar surface area (TPSA) is 77.1 Å². The summed E-state index contributed by atoms with van der Waals surface area (Å²) < 4.78 is 30.9. The first-order valence-corrected chi connectivity index (χ1v) is 11.7. The molecule has 3 rings (SSSR count). The van der Waals surface area contributed by atoms with E-state index in [1.165, 1.54) is 25.2 Å². The minimum atomic E-state index is -0.872. The van der Waals surface area contributed by atoms with E-state index < -0.39 is 17.8 Å². The summed E-state index contributed by atoms with van der Waals surface area (Å²) in [4.78, 5) is 28.0. The van der Waals surface area contributed by atoms with E-state index in [0.29, 0.717) is 29.4 Å². The number of amides is 2. The summed E-state index contributed by atoms with van der Waals surface area (Å²) in [5.41, 5.74) is 1.18. The molecule has 0 heterocycles. The van der Waals surface area contributed by atoms with E-state index in [1.54, 1.807) is 43.3 Å². The Balaban J connectivity index is 1.91. The number of hydrogen-bond donors (Lipinski definition) is 1. The molecule has 36 heavy (non-hydrogen) atoms. The molecule has 0 saturated carbocycles. The second kappa shape index (κ2) is 13.1. The predicted molar refractivity (Wildman–Crippen MR) is 135 cm³/mol. The monoisotopic (exact) mass is 494 g/mol. The number of nitrogens with one attached hydrogen (secondary N) is 1. The average Bonchev–Trinajstić information content (AvgIpc) is 2.90. The molecule has 8 heteroatoms. The maximum absolute atomic E-state index is 14.6. The summed E-state index contributed by atoms with van der Waals surface area (Å²) in [6.07, 6.45) is 0.264. The lowest BCUT2D eigenvalue weighted by molar-refractivity contribution is -0.142. The smallest absolute Gasteiger partial charge is 0.261 e. The fourth-order valence-corrected chi connectivity index (χ4v) is 3.75. The molecule has 0 radical (unpaired) electrons. The van der Waals surface area contributed by atoms with Crippen LogP contribution in [0.1, 0.15) is 18.1 Å². The van der Waals surface area contributed by atoms with Gasteiger partial charge in [0.2, 0.25) is 5.91 Å². The standard InChI is InChI=1S/C28H31FN2O5/c1-4-30-28(33)26(14-20-10-6-5-7-11-20)31(18-21-12-8-9-13-25(21)29)27(32)19-36-24-16-22(34-2)15-23(17-24)35-3/h5-13,15-17,26H,4,14,18-19H2,1-3H3,(H,30,33)/t26-/m0/s1. The zero-order valence-electron chi connectivity index (χ0n) is 20.7. The number of nitrogens with zero attached hydrogens (tertiary/aromatic N) is 1. The Morgan fingerprint density at radius 1 is 0.917 bits per heavy atom. The highest BCUT2D eigenvalue weighted by Crippen LogP contribution is 2.27. The molecule has 2 amide bonds. The minimum absolute atomic E-state index is 0.0923. The number of carbonyl (C=O) groups is 2. The van der Waals surface area contributed by atoms with Gasteiger partial charge in [0.25, 0.3) is 5.91 Å². The summed E-state index contributed by atoms with van der Waals surface area (Å²) in [6, 6.07) is 19.7. The van der Waals surface area contributed by atoms with Crippen LogP contribution < -0.4 is 19.5 Å².